The normalized spacial score (nSPS) is 11.9. The van der Waals surface area contributed by atoms with Crippen molar-refractivity contribution in [3.05, 3.63) is 53.8 Å². The van der Waals surface area contributed by atoms with Crippen LogP contribution in [0.5, 0.6) is 5.75 Å². The van der Waals surface area contributed by atoms with Crippen molar-refractivity contribution >= 4 is 23.4 Å². The van der Waals surface area contributed by atoms with E-state index in [1.807, 2.05) is 18.4 Å². The zero-order valence-electron chi connectivity index (χ0n) is 12.4. The lowest BCUT2D eigenvalue weighted by Gasteiger charge is -2.15. The van der Waals surface area contributed by atoms with E-state index < -0.39 is 35.2 Å². The Morgan fingerprint density at radius 1 is 1.09 bits per heavy atom. The maximum Gasteiger partial charge on any atom is 0.265 e. The Labute approximate surface area is 135 Å². The zero-order valence-corrected chi connectivity index (χ0v) is 13.2. The number of rotatable bonds is 5. The van der Waals surface area contributed by atoms with E-state index in [4.69, 9.17) is 4.74 Å². The molecule has 3 nitrogen and oxygen atoms in total. The monoisotopic (exact) mass is 341 g/mol. The summed E-state index contributed by atoms with van der Waals surface area (Å²) in [5, 5.41) is 2.17. The Hall–Kier alpha value is -2.15. The molecule has 2 rings (SSSR count). The first-order valence-electron chi connectivity index (χ1n) is 6.67. The van der Waals surface area contributed by atoms with Gasteiger partial charge in [-0.1, -0.05) is 0 Å². The smallest absolute Gasteiger partial charge is 0.265 e. The zero-order chi connectivity index (χ0) is 17.0. The van der Waals surface area contributed by atoms with Gasteiger partial charge in [-0.3, -0.25) is 4.79 Å². The Bertz CT molecular complexity index is 707. The summed E-state index contributed by atoms with van der Waals surface area (Å²) < 4.78 is 44.9. The van der Waals surface area contributed by atoms with E-state index in [-0.39, 0.29) is 0 Å². The van der Waals surface area contributed by atoms with Crippen molar-refractivity contribution < 1.29 is 22.7 Å². The fourth-order valence-corrected chi connectivity index (χ4v) is 2.18. The molecule has 0 saturated carbocycles. The third-order valence-corrected chi connectivity index (χ3v) is 3.78. The quantitative estimate of drug-likeness (QED) is 0.653. The molecule has 1 amide bonds. The number of hydrogen-bond acceptors (Lipinski definition) is 3. The van der Waals surface area contributed by atoms with E-state index >= 15 is 0 Å². The minimum absolute atomic E-state index is 0.443. The van der Waals surface area contributed by atoms with Gasteiger partial charge in [0.15, 0.2) is 23.6 Å². The molecule has 0 aliphatic heterocycles. The highest BCUT2D eigenvalue weighted by atomic mass is 32.2. The number of thioether (sulfide) groups is 1. The molecule has 1 atom stereocenters. The molecule has 0 heterocycles. The molecule has 0 fully saturated rings. The van der Waals surface area contributed by atoms with Gasteiger partial charge in [0, 0.05) is 4.90 Å². The summed E-state index contributed by atoms with van der Waals surface area (Å²) in [4.78, 5) is 13.0. The third-order valence-electron chi connectivity index (χ3n) is 3.03. The van der Waals surface area contributed by atoms with E-state index in [0.717, 1.165) is 17.0 Å². The summed E-state index contributed by atoms with van der Waals surface area (Å²) >= 11 is 1.57. The lowest BCUT2D eigenvalue weighted by molar-refractivity contribution is -0.122. The molecule has 2 aromatic carbocycles. The summed E-state index contributed by atoms with van der Waals surface area (Å²) in [6.07, 6.45) is 0.991. The Kier molecular flexibility index (Phi) is 5.54. The number of halogens is 3. The van der Waals surface area contributed by atoms with Gasteiger partial charge in [-0.2, -0.15) is 0 Å². The van der Waals surface area contributed by atoms with Crippen molar-refractivity contribution in [1.82, 2.24) is 0 Å². The third kappa shape index (κ3) is 4.19. The standard InChI is InChI=1S/C16H14F3NO2S/c1-9(22-10-3-5-11(23-2)6-4-10)16(21)20-13-8-7-12(17)14(18)15(13)19/h3-9H,1-2H3,(H,20,21)/t9-/m0/s1. The number of benzene rings is 2. The number of nitrogens with one attached hydrogen (secondary N) is 1. The van der Waals surface area contributed by atoms with Crippen LogP contribution in [0.4, 0.5) is 18.9 Å². The van der Waals surface area contributed by atoms with Crippen LogP contribution in [0, 0.1) is 17.5 Å². The summed E-state index contributed by atoms with van der Waals surface area (Å²) in [5.74, 6) is -4.61. The molecular weight excluding hydrogens is 327 g/mol. The second-order valence-electron chi connectivity index (χ2n) is 4.65. The van der Waals surface area contributed by atoms with Crippen LogP contribution >= 0.6 is 11.8 Å². The average molecular weight is 341 g/mol. The van der Waals surface area contributed by atoms with Crippen LogP contribution in [-0.4, -0.2) is 18.3 Å². The second kappa shape index (κ2) is 7.41. The Balaban J connectivity index is 2.03. The summed E-state index contributed by atoms with van der Waals surface area (Å²) in [7, 11) is 0. The van der Waals surface area contributed by atoms with Crippen molar-refractivity contribution in [2.24, 2.45) is 0 Å². The van der Waals surface area contributed by atoms with Crippen molar-refractivity contribution in [3.63, 3.8) is 0 Å². The first-order valence-corrected chi connectivity index (χ1v) is 7.90. The first kappa shape index (κ1) is 17.2. The van der Waals surface area contributed by atoms with Gasteiger partial charge in [-0.15, -0.1) is 11.8 Å². The van der Waals surface area contributed by atoms with Gasteiger partial charge < -0.3 is 10.1 Å². The molecule has 0 radical (unpaired) electrons. The number of hydrogen-bond donors (Lipinski definition) is 1. The van der Waals surface area contributed by atoms with Gasteiger partial charge in [0.2, 0.25) is 0 Å². The maximum absolute atomic E-state index is 13.5. The van der Waals surface area contributed by atoms with Crippen LogP contribution in [0.2, 0.25) is 0 Å². The molecule has 1 N–H and O–H groups in total. The molecule has 0 aliphatic rings. The molecule has 0 spiro atoms. The van der Waals surface area contributed by atoms with Gasteiger partial charge >= 0.3 is 0 Å². The van der Waals surface area contributed by atoms with Crippen LogP contribution in [-0.2, 0) is 4.79 Å². The van der Waals surface area contributed by atoms with E-state index in [1.165, 1.54) is 6.92 Å². The van der Waals surface area contributed by atoms with Crippen LogP contribution in [0.15, 0.2) is 41.3 Å². The van der Waals surface area contributed by atoms with Gasteiger partial charge in [0.05, 0.1) is 5.69 Å². The SMILES string of the molecule is CSc1ccc(O[C@@H](C)C(=O)Nc2ccc(F)c(F)c2F)cc1. The molecular formula is C16H14F3NO2S. The van der Waals surface area contributed by atoms with Crippen LogP contribution in [0.25, 0.3) is 0 Å². The van der Waals surface area contributed by atoms with Crippen molar-refractivity contribution in [2.75, 3.05) is 11.6 Å². The fraction of sp³-hybridized carbons (Fsp3) is 0.188. The molecule has 23 heavy (non-hydrogen) atoms. The molecule has 0 saturated heterocycles. The second-order valence-corrected chi connectivity index (χ2v) is 5.53. The molecule has 0 aliphatic carbocycles. The highest BCUT2D eigenvalue weighted by molar-refractivity contribution is 7.98. The lowest BCUT2D eigenvalue weighted by Crippen LogP contribution is -2.30. The van der Waals surface area contributed by atoms with Gasteiger partial charge in [0.25, 0.3) is 5.91 Å². The predicted octanol–water partition coefficient (Wildman–Crippen LogP) is 4.23. The Morgan fingerprint density at radius 2 is 1.74 bits per heavy atom. The van der Waals surface area contributed by atoms with Gasteiger partial charge in [-0.25, -0.2) is 13.2 Å². The average Bonchev–Trinajstić information content (AvgIpc) is 2.56. The van der Waals surface area contributed by atoms with Gasteiger partial charge in [-0.05, 0) is 49.6 Å². The predicted molar refractivity (Wildman–Crippen MR) is 83.3 cm³/mol. The van der Waals surface area contributed by atoms with Crippen molar-refractivity contribution in [2.45, 2.75) is 17.9 Å². The number of amides is 1. The topological polar surface area (TPSA) is 38.3 Å². The fourth-order valence-electron chi connectivity index (χ4n) is 1.77. The van der Waals surface area contributed by atoms with Crippen LogP contribution in [0.1, 0.15) is 6.92 Å². The molecule has 2 aromatic rings. The number of carbonyl (C=O) groups excluding carboxylic acids is 1. The number of anilines is 1. The number of carbonyl (C=O) groups is 1. The summed E-state index contributed by atoms with van der Waals surface area (Å²) in [5.41, 5.74) is -0.443. The van der Waals surface area contributed by atoms with E-state index in [1.54, 1.807) is 23.9 Å². The van der Waals surface area contributed by atoms with E-state index in [9.17, 15) is 18.0 Å². The summed E-state index contributed by atoms with van der Waals surface area (Å²) in [6, 6.07) is 8.76. The van der Waals surface area contributed by atoms with Crippen molar-refractivity contribution in [1.29, 1.82) is 0 Å². The largest absolute Gasteiger partial charge is 0.481 e. The van der Waals surface area contributed by atoms with E-state index in [0.29, 0.717) is 5.75 Å². The van der Waals surface area contributed by atoms with Crippen LogP contribution in [0.3, 0.4) is 0 Å². The highest BCUT2D eigenvalue weighted by Crippen LogP contribution is 2.22. The minimum atomic E-state index is -1.64. The van der Waals surface area contributed by atoms with Crippen LogP contribution < -0.4 is 10.1 Å². The highest BCUT2D eigenvalue weighted by Gasteiger charge is 2.19. The molecule has 122 valence electrons. The molecule has 0 aromatic heterocycles. The van der Waals surface area contributed by atoms with Gasteiger partial charge in [0.1, 0.15) is 5.75 Å². The molecule has 0 bridgehead atoms. The molecule has 0 unspecified atom stereocenters. The lowest BCUT2D eigenvalue weighted by atomic mass is 10.2. The molecule has 7 heteroatoms. The van der Waals surface area contributed by atoms with E-state index in [2.05, 4.69) is 5.32 Å². The maximum atomic E-state index is 13.5. The number of ether oxygens (including phenoxy) is 1. The van der Waals surface area contributed by atoms with Crippen molar-refractivity contribution in [3.8, 4) is 5.75 Å². The summed E-state index contributed by atoms with van der Waals surface area (Å²) in [6.45, 7) is 1.47. The first-order chi connectivity index (χ1) is 10.9. The Morgan fingerprint density at radius 3 is 2.35 bits per heavy atom. The minimum Gasteiger partial charge on any atom is -0.481 e.